The number of carbonyl (C=O) groups is 3. The Bertz CT molecular complexity index is 1230. The highest BCUT2D eigenvalue weighted by Gasteiger charge is 2.19. The molecular formula is C62H110O6. The van der Waals surface area contributed by atoms with Crippen molar-refractivity contribution >= 4 is 17.9 Å². The van der Waals surface area contributed by atoms with Crippen LogP contribution in [-0.4, -0.2) is 37.2 Å². The maximum atomic E-state index is 12.8. The molecule has 0 fully saturated rings. The summed E-state index contributed by atoms with van der Waals surface area (Å²) in [5.41, 5.74) is 0. The molecule has 0 aromatic rings. The fourth-order valence-corrected chi connectivity index (χ4v) is 8.41. The second kappa shape index (κ2) is 56.7. The Labute approximate surface area is 421 Å². The van der Waals surface area contributed by atoms with Gasteiger partial charge in [-0.25, -0.2) is 0 Å². The van der Waals surface area contributed by atoms with Crippen LogP contribution in [0.15, 0.2) is 60.8 Å². The molecule has 0 aromatic carbocycles. The van der Waals surface area contributed by atoms with E-state index in [-0.39, 0.29) is 31.1 Å². The molecule has 0 spiro atoms. The highest BCUT2D eigenvalue weighted by Crippen LogP contribution is 2.16. The van der Waals surface area contributed by atoms with Crippen molar-refractivity contribution in [2.75, 3.05) is 13.2 Å². The van der Waals surface area contributed by atoms with E-state index in [1.165, 1.54) is 167 Å². The van der Waals surface area contributed by atoms with E-state index in [0.29, 0.717) is 19.3 Å². The predicted molar refractivity (Wildman–Crippen MR) is 293 cm³/mol. The Hall–Kier alpha value is -2.89. The molecule has 1 unspecified atom stereocenters. The smallest absolute Gasteiger partial charge is 0.306 e. The zero-order chi connectivity index (χ0) is 49.3. The molecule has 0 amide bonds. The number of carbonyl (C=O) groups excluding carboxylic acids is 3. The molecule has 0 N–H and O–H groups in total. The molecule has 6 nitrogen and oxygen atoms in total. The zero-order valence-electron chi connectivity index (χ0n) is 45.1. The van der Waals surface area contributed by atoms with Gasteiger partial charge in [0, 0.05) is 19.3 Å². The van der Waals surface area contributed by atoms with Gasteiger partial charge in [-0.15, -0.1) is 0 Å². The van der Waals surface area contributed by atoms with Crippen LogP contribution in [0, 0.1) is 0 Å². The molecule has 0 aliphatic heterocycles. The van der Waals surface area contributed by atoms with E-state index >= 15 is 0 Å². The van der Waals surface area contributed by atoms with Crippen molar-refractivity contribution in [1.82, 2.24) is 0 Å². The number of ether oxygens (including phenoxy) is 3. The van der Waals surface area contributed by atoms with Crippen molar-refractivity contribution in [3.8, 4) is 0 Å². The van der Waals surface area contributed by atoms with Crippen LogP contribution in [-0.2, 0) is 28.6 Å². The second-order valence-electron chi connectivity index (χ2n) is 19.5. The summed E-state index contributed by atoms with van der Waals surface area (Å²) in [4.78, 5) is 38.0. The Morgan fingerprint density at radius 3 is 0.897 bits per heavy atom. The quantitative estimate of drug-likeness (QED) is 0.0262. The van der Waals surface area contributed by atoms with Crippen LogP contribution in [0.3, 0.4) is 0 Å². The molecule has 0 aromatic heterocycles. The van der Waals surface area contributed by atoms with Crippen LogP contribution in [0.25, 0.3) is 0 Å². The molecule has 0 bridgehead atoms. The molecule has 0 rings (SSSR count). The summed E-state index contributed by atoms with van der Waals surface area (Å²) in [5.74, 6) is -0.861. The number of esters is 3. The first kappa shape index (κ1) is 65.1. The van der Waals surface area contributed by atoms with Crippen LogP contribution >= 0.6 is 0 Å². The molecule has 6 heteroatoms. The summed E-state index contributed by atoms with van der Waals surface area (Å²) >= 11 is 0. The lowest BCUT2D eigenvalue weighted by molar-refractivity contribution is -0.167. The minimum Gasteiger partial charge on any atom is -0.462 e. The van der Waals surface area contributed by atoms with Crippen molar-refractivity contribution in [3.63, 3.8) is 0 Å². The summed E-state index contributed by atoms with van der Waals surface area (Å²) in [6.07, 6.45) is 70.9. The van der Waals surface area contributed by atoms with Gasteiger partial charge in [-0.3, -0.25) is 14.4 Å². The largest absolute Gasteiger partial charge is 0.462 e. The Kier molecular flexibility index (Phi) is 54.3. The fraction of sp³-hybridized carbons (Fsp3) is 0.790. The topological polar surface area (TPSA) is 78.9 Å². The first-order valence-electron chi connectivity index (χ1n) is 29.3. The fourth-order valence-electron chi connectivity index (χ4n) is 8.41. The lowest BCUT2D eigenvalue weighted by Crippen LogP contribution is -2.30. The summed E-state index contributed by atoms with van der Waals surface area (Å²) in [5, 5.41) is 0. The van der Waals surface area contributed by atoms with E-state index in [4.69, 9.17) is 14.2 Å². The lowest BCUT2D eigenvalue weighted by atomic mass is 10.0. The molecule has 0 saturated heterocycles. The van der Waals surface area contributed by atoms with Crippen molar-refractivity contribution in [2.24, 2.45) is 0 Å². The number of hydrogen-bond acceptors (Lipinski definition) is 6. The zero-order valence-corrected chi connectivity index (χ0v) is 45.1. The molecule has 0 aliphatic rings. The van der Waals surface area contributed by atoms with Crippen LogP contribution in [0.5, 0.6) is 0 Å². The maximum absolute atomic E-state index is 12.8. The molecule has 0 radical (unpaired) electrons. The number of unbranched alkanes of at least 4 members (excludes halogenated alkanes) is 32. The van der Waals surface area contributed by atoms with Gasteiger partial charge >= 0.3 is 17.9 Å². The van der Waals surface area contributed by atoms with Crippen LogP contribution < -0.4 is 0 Å². The van der Waals surface area contributed by atoms with E-state index in [1.807, 2.05) is 0 Å². The van der Waals surface area contributed by atoms with E-state index in [0.717, 1.165) is 89.9 Å². The molecule has 1 atom stereocenters. The monoisotopic (exact) mass is 951 g/mol. The van der Waals surface area contributed by atoms with Crippen molar-refractivity contribution in [2.45, 2.75) is 303 Å². The van der Waals surface area contributed by atoms with Crippen molar-refractivity contribution in [3.05, 3.63) is 60.8 Å². The van der Waals surface area contributed by atoms with Gasteiger partial charge in [0.25, 0.3) is 0 Å². The SMILES string of the molecule is CC/C=C\C/C=C\C/C=C\C/C=C\C/C=C\CCCCCCCCCCCCCCCC(=O)OCC(COC(=O)CCCCCCCCCCC)OC(=O)CCCCCCCCCCCCCC. The minimum atomic E-state index is -0.768. The molecular weight excluding hydrogens is 841 g/mol. The highest BCUT2D eigenvalue weighted by atomic mass is 16.6. The second-order valence-corrected chi connectivity index (χ2v) is 19.5. The standard InChI is InChI=1S/C62H110O6/c1-4-7-10-13-16-19-21-23-24-25-26-27-28-29-30-31-32-33-34-35-36-37-38-39-41-43-46-49-52-55-61(64)67-58-59(57-66-60(63)54-51-48-45-42-18-15-12-9-6-3)68-62(65)56-53-50-47-44-40-22-20-17-14-11-8-5-2/h7,10,16,19,23-24,26-27,29-30,59H,4-6,8-9,11-15,17-18,20-22,25,28,31-58H2,1-3H3/b10-7-,19-16-,24-23-,27-26-,30-29-. The summed E-state index contributed by atoms with van der Waals surface area (Å²) in [6.45, 7) is 6.53. The summed E-state index contributed by atoms with van der Waals surface area (Å²) in [6, 6.07) is 0. The molecule has 0 saturated carbocycles. The van der Waals surface area contributed by atoms with Crippen molar-refractivity contribution in [1.29, 1.82) is 0 Å². The number of rotatable bonds is 53. The maximum Gasteiger partial charge on any atom is 0.306 e. The third kappa shape index (κ3) is 54.1. The van der Waals surface area contributed by atoms with Crippen LogP contribution in [0.2, 0.25) is 0 Å². The highest BCUT2D eigenvalue weighted by molar-refractivity contribution is 5.71. The summed E-state index contributed by atoms with van der Waals surface area (Å²) < 4.78 is 16.8. The average Bonchev–Trinajstić information content (AvgIpc) is 3.34. The van der Waals surface area contributed by atoms with Gasteiger partial charge in [-0.05, 0) is 64.2 Å². The Morgan fingerprint density at radius 1 is 0.309 bits per heavy atom. The first-order chi connectivity index (χ1) is 33.5. The van der Waals surface area contributed by atoms with Gasteiger partial charge in [0.15, 0.2) is 6.10 Å². The van der Waals surface area contributed by atoms with Gasteiger partial charge in [0.1, 0.15) is 13.2 Å². The first-order valence-corrected chi connectivity index (χ1v) is 29.3. The number of hydrogen-bond donors (Lipinski definition) is 0. The Balaban J connectivity index is 4.10. The molecule has 394 valence electrons. The normalized spacial score (nSPS) is 12.5. The van der Waals surface area contributed by atoms with Crippen molar-refractivity contribution < 1.29 is 28.6 Å². The van der Waals surface area contributed by atoms with Crippen LogP contribution in [0.4, 0.5) is 0 Å². The van der Waals surface area contributed by atoms with E-state index in [1.54, 1.807) is 0 Å². The Morgan fingerprint density at radius 2 is 0.574 bits per heavy atom. The third-order valence-electron chi connectivity index (χ3n) is 12.8. The predicted octanol–water partition coefficient (Wildman–Crippen LogP) is 19.6. The van der Waals surface area contributed by atoms with Gasteiger partial charge in [-0.1, -0.05) is 274 Å². The molecule has 0 heterocycles. The molecule has 0 aliphatic carbocycles. The molecule has 68 heavy (non-hydrogen) atoms. The minimum absolute atomic E-state index is 0.0693. The van der Waals surface area contributed by atoms with Gasteiger partial charge in [-0.2, -0.15) is 0 Å². The van der Waals surface area contributed by atoms with E-state index in [2.05, 4.69) is 81.5 Å². The third-order valence-corrected chi connectivity index (χ3v) is 12.8. The number of allylic oxidation sites excluding steroid dienone is 10. The average molecular weight is 952 g/mol. The summed E-state index contributed by atoms with van der Waals surface area (Å²) in [7, 11) is 0. The van der Waals surface area contributed by atoms with Gasteiger partial charge in [0.05, 0.1) is 0 Å². The van der Waals surface area contributed by atoms with Crippen LogP contribution in [0.1, 0.15) is 297 Å². The van der Waals surface area contributed by atoms with Gasteiger partial charge in [0.2, 0.25) is 0 Å². The lowest BCUT2D eigenvalue weighted by Gasteiger charge is -2.18. The van der Waals surface area contributed by atoms with E-state index < -0.39 is 6.10 Å². The van der Waals surface area contributed by atoms with E-state index in [9.17, 15) is 14.4 Å². The van der Waals surface area contributed by atoms with Gasteiger partial charge < -0.3 is 14.2 Å².